The molecular formula is C47H45N11O4. The van der Waals surface area contributed by atoms with Crippen molar-refractivity contribution in [2.24, 2.45) is 0 Å². The van der Waals surface area contributed by atoms with E-state index in [1.165, 1.54) is 11.1 Å². The minimum Gasteiger partial charge on any atom is -0.424 e. The van der Waals surface area contributed by atoms with Crippen molar-refractivity contribution in [1.82, 2.24) is 54.9 Å². The molecule has 1 aliphatic heterocycles. The first kappa shape index (κ1) is 40.2. The summed E-state index contributed by atoms with van der Waals surface area (Å²) in [5.41, 5.74) is 8.48. The number of nitrogens with zero attached hydrogens (tertiary/aromatic N) is 11. The molecule has 8 aromatic rings. The zero-order valence-corrected chi connectivity index (χ0v) is 35.1. The van der Waals surface area contributed by atoms with Crippen molar-refractivity contribution < 1.29 is 18.5 Å². The first-order valence-corrected chi connectivity index (χ1v) is 20.3. The van der Waals surface area contributed by atoms with Gasteiger partial charge in [0.2, 0.25) is 11.6 Å². The lowest BCUT2D eigenvalue weighted by molar-refractivity contribution is 0.0900. The van der Waals surface area contributed by atoms with Crippen molar-refractivity contribution in [3.63, 3.8) is 0 Å². The Bertz CT molecular complexity index is 2770. The van der Waals surface area contributed by atoms with Crippen molar-refractivity contribution >= 4 is 0 Å². The monoisotopic (exact) mass is 827 g/mol. The molecule has 0 amide bonds. The van der Waals surface area contributed by atoms with E-state index >= 15 is 0 Å². The number of rotatable bonds is 13. The van der Waals surface area contributed by atoms with E-state index in [1.807, 2.05) is 101 Å². The number of hydrogen-bond acceptors (Lipinski definition) is 15. The van der Waals surface area contributed by atoms with Gasteiger partial charge in [0, 0.05) is 85.3 Å². The van der Waals surface area contributed by atoms with Crippen LogP contribution in [0.4, 0.5) is 0 Å². The predicted octanol–water partition coefficient (Wildman–Crippen LogP) is 8.45. The standard InChI is InChI=1S/C47H45N11O4/c1-30-10-14-35(23-40(30)59-46-48-18-7-19-49-46)42-52-44(61-54-42)34-16-12-32(13-17-34)28-58-21-20-57(5)39(29-58)38-25-50-47(51-26-38)60-41-24-36(15-11-31(41)2)43-53-45(62-55-43)37-9-6-8-33(22-37)27-56(3)4/h6-19,22-26,39H,20-21,27-29H2,1-5H3. The Hall–Kier alpha value is -7.20. The van der Waals surface area contributed by atoms with Crippen molar-refractivity contribution in [3.8, 4) is 69.2 Å². The lowest BCUT2D eigenvalue weighted by Gasteiger charge is -2.39. The lowest BCUT2D eigenvalue weighted by Crippen LogP contribution is -2.46. The number of hydrogen-bond donors (Lipinski definition) is 0. The van der Waals surface area contributed by atoms with E-state index in [9.17, 15) is 0 Å². The minimum atomic E-state index is 0.114. The highest BCUT2D eigenvalue weighted by Gasteiger charge is 2.27. The SMILES string of the molecule is Cc1ccc(-c2noc(-c3ccc(CN4CCN(C)C(c5cnc(Oc6cc(-c7noc(-c8cccc(CN(C)C)c8)n7)ccc6C)nc5)C4)cc3)n2)cc1Oc1ncccn1. The second-order valence-electron chi connectivity index (χ2n) is 15.7. The maximum atomic E-state index is 6.22. The molecule has 15 nitrogen and oxygen atoms in total. The molecule has 1 atom stereocenters. The maximum absolute atomic E-state index is 6.22. The van der Waals surface area contributed by atoms with E-state index in [4.69, 9.17) is 23.5 Å². The Balaban J connectivity index is 0.819. The van der Waals surface area contributed by atoms with E-state index < -0.39 is 0 Å². The van der Waals surface area contributed by atoms with Gasteiger partial charge in [-0.25, -0.2) is 19.9 Å². The number of aromatic nitrogens is 8. The van der Waals surface area contributed by atoms with Gasteiger partial charge in [-0.1, -0.05) is 58.8 Å². The van der Waals surface area contributed by atoms with E-state index in [1.54, 1.807) is 18.5 Å². The van der Waals surface area contributed by atoms with E-state index in [0.717, 1.165) is 71.7 Å². The molecule has 9 rings (SSSR count). The summed E-state index contributed by atoms with van der Waals surface area (Å²) in [4.78, 5) is 33.9. The van der Waals surface area contributed by atoms with Crippen LogP contribution in [0, 0.1) is 13.8 Å². The first-order chi connectivity index (χ1) is 30.2. The summed E-state index contributed by atoms with van der Waals surface area (Å²) in [5, 5.41) is 8.52. The first-order valence-electron chi connectivity index (χ1n) is 20.3. The Labute approximate surface area is 359 Å². The minimum absolute atomic E-state index is 0.114. The normalized spacial score (nSPS) is 14.6. The Kier molecular flexibility index (Phi) is 11.5. The smallest absolute Gasteiger partial charge is 0.321 e. The molecule has 312 valence electrons. The fraction of sp³-hybridized carbons (Fsp3) is 0.234. The van der Waals surface area contributed by atoms with Crippen molar-refractivity contribution in [3.05, 3.63) is 144 Å². The summed E-state index contributed by atoms with van der Waals surface area (Å²) in [6, 6.07) is 30.3. The Morgan fingerprint density at radius 2 is 1.24 bits per heavy atom. The van der Waals surface area contributed by atoms with Gasteiger partial charge in [-0.05, 0) is 99.7 Å². The number of ether oxygens (including phenoxy) is 2. The molecule has 0 aliphatic carbocycles. The molecule has 4 aromatic heterocycles. The van der Waals surface area contributed by atoms with Crippen molar-refractivity contribution in [2.45, 2.75) is 33.0 Å². The molecule has 4 aromatic carbocycles. The van der Waals surface area contributed by atoms with E-state index in [0.29, 0.717) is 34.9 Å². The quantitative estimate of drug-likeness (QED) is 0.109. The molecule has 0 radical (unpaired) electrons. The highest BCUT2D eigenvalue weighted by molar-refractivity contribution is 5.64. The molecule has 1 saturated heterocycles. The second kappa shape index (κ2) is 17.8. The average molecular weight is 828 g/mol. The van der Waals surface area contributed by atoms with Crippen LogP contribution >= 0.6 is 0 Å². The zero-order valence-electron chi connectivity index (χ0n) is 35.1. The van der Waals surface area contributed by atoms with Crippen LogP contribution in [-0.2, 0) is 13.1 Å². The summed E-state index contributed by atoms with van der Waals surface area (Å²) in [7, 11) is 6.22. The number of benzene rings is 4. The second-order valence-corrected chi connectivity index (χ2v) is 15.7. The van der Waals surface area contributed by atoms with Crippen LogP contribution in [0.3, 0.4) is 0 Å². The molecular weight excluding hydrogens is 783 g/mol. The molecule has 15 heteroatoms. The molecule has 5 heterocycles. The highest BCUT2D eigenvalue weighted by Crippen LogP contribution is 2.32. The molecule has 1 fully saturated rings. The fourth-order valence-electron chi connectivity index (χ4n) is 7.31. The maximum Gasteiger partial charge on any atom is 0.321 e. The van der Waals surface area contributed by atoms with Crippen LogP contribution in [0.25, 0.3) is 45.7 Å². The van der Waals surface area contributed by atoms with Gasteiger partial charge < -0.3 is 23.4 Å². The lowest BCUT2D eigenvalue weighted by atomic mass is 10.1. The molecule has 0 N–H and O–H groups in total. The fourth-order valence-corrected chi connectivity index (χ4v) is 7.31. The Morgan fingerprint density at radius 1 is 0.645 bits per heavy atom. The van der Waals surface area contributed by atoms with Gasteiger partial charge in [0.05, 0.1) is 6.04 Å². The third-order valence-corrected chi connectivity index (χ3v) is 10.7. The van der Waals surface area contributed by atoms with Gasteiger partial charge in [0.1, 0.15) is 11.5 Å². The molecule has 1 unspecified atom stereocenters. The summed E-state index contributed by atoms with van der Waals surface area (Å²) in [5.74, 6) is 3.08. The number of likely N-dealkylation sites (N-methyl/N-ethyl adjacent to an activating group) is 1. The van der Waals surface area contributed by atoms with Crippen LogP contribution in [0.5, 0.6) is 23.5 Å². The van der Waals surface area contributed by atoms with Crippen LogP contribution in [-0.4, -0.2) is 95.7 Å². The number of aryl methyl sites for hydroxylation is 2. The average Bonchev–Trinajstić information content (AvgIpc) is 3.99. The number of piperazine rings is 1. The molecule has 0 saturated carbocycles. The van der Waals surface area contributed by atoms with Gasteiger partial charge in [-0.15, -0.1) is 0 Å². The van der Waals surface area contributed by atoms with Crippen molar-refractivity contribution in [2.75, 3.05) is 40.8 Å². The molecule has 0 bridgehead atoms. The third kappa shape index (κ3) is 9.24. The van der Waals surface area contributed by atoms with Crippen LogP contribution in [0.15, 0.2) is 125 Å². The zero-order chi connectivity index (χ0) is 42.6. The summed E-state index contributed by atoms with van der Waals surface area (Å²) in [6.45, 7) is 8.20. The van der Waals surface area contributed by atoms with Gasteiger partial charge in [0.25, 0.3) is 11.8 Å². The van der Waals surface area contributed by atoms with Gasteiger partial charge in [-0.3, -0.25) is 9.80 Å². The van der Waals surface area contributed by atoms with Crippen LogP contribution in [0.1, 0.15) is 33.9 Å². The van der Waals surface area contributed by atoms with Crippen LogP contribution < -0.4 is 9.47 Å². The van der Waals surface area contributed by atoms with Gasteiger partial charge in [-0.2, -0.15) is 9.97 Å². The van der Waals surface area contributed by atoms with Gasteiger partial charge in [0.15, 0.2) is 0 Å². The predicted molar refractivity (Wildman–Crippen MR) is 232 cm³/mol. The van der Waals surface area contributed by atoms with E-state index in [2.05, 4.69) is 81.2 Å². The molecule has 1 aliphatic rings. The largest absolute Gasteiger partial charge is 0.424 e. The summed E-state index contributed by atoms with van der Waals surface area (Å²) >= 11 is 0. The highest BCUT2D eigenvalue weighted by atomic mass is 16.5. The van der Waals surface area contributed by atoms with Crippen LogP contribution in [0.2, 0.25) is 0 Å². The molecule has 62 heavy (non-hydrogen) atoms. The summed E-state index contributed by atoms with van der Waals surface area (Å²) < 4.78 is 23.5. The van der Waals surface area contributed by atoms with E-state index in [-0.39, 0.29) is 18.1 Å². The summed E-state index contributed by atoms with van der Waals surface area (Å²) in [6.07, 6.45) is 6.99. The molecule has 0 spiro atoms. The Morgan fingerprint density at radius 3 is 1.87 bits per heavy atom. The third-order valence-electron chi connectivity index (χ3n) is 10.7. The topological polar surface area (TPSA) is 158 Å². The van der Waals surface area contributed by atoms with Crippen molar-refractivity contribution in [1.29, 1.82) is 0 Å². The van der Waals surface area contributed by atoms with Gasteiger partial charge >= 0.3 is 12.0 Å².